The summed E-state index contributed by atoms with van der Waals surface area (Å²) in [6.45, 7) is 1.81. The van der Waals surface area contributed by atoms with Gasteiger partial charge in [-0.05, 0) is 31.2 Å². The summed E-state index contributed by atoms with van der Waals surface area (Å²) < 4.78 is 5.13. The number of carbonyl (C=O) groups is 1. The predicted octanol–water partition coefficient (Wildman–Crippen LogP) is 2.93. The number of hydrogen-bond donors (Lipinski definition) is 1. The van der Waals surface area contributed by atoms with Gasteiger partial charge in [-0.2, -0.15) is 0 Å². The molecular weight excluding hydrogens is 292 g/mol. The summed E-state index contributed by atoms with van der Waals surface area (Å²) in [7, 11) is 1.65. The van der Waals surface area contributed by atoms with Crippen LogP contribution in [0.4, 0.5) is 0 Å². The lowest BCUT2D eigenvalue weighted by atomic mass is 10.2. The first-order valence-corrected chi connectivity index (χ1v) is 8.02. The third kappa shape index (κ3) is 3.74. The summed E-state index contributed by atoms with van der Waals surface area (Å²) in [6.07, 6.45) is 0. The fourth-order valence-corrected chi connectivity index (χ4v) is 3.20. The molecule has 0 saturated heterocycles. The van der Waals surface area contributed by atoms with Crippen molar-refractivity contribution in [2.45, 2.75) is 17.9 Å². The number of hydrogen-bond acceptors (Lipinski definition) is 5. The molecule has 106 valence electrons. The van der Waals surface area contributed by atoms with Crippen LogP contribution < -0.4 is 10.5 Å². The topological polar surface area (TPSA) is 65.2 Å². The fraction of sp³-hybridized carbons (Fsp3) is 0.286. The van der Waals surface area contributed by atoms with Gasteiger partial charge in [-0.25, -0.2) is 4.98 Å². The molecule has 1 heterocycles. The molecule has 4 nitrogen and oxygen atoms in total. The number of thioether (sulfide) groups is 1. The minimum Gasteiger partial charge on any atom is -0.497 e. The second-order valence-corrected chi connectivity index (χ2v) is 6.42. The molecule has 0 bridgehead atoms. The first-order valence-electron chi connectivity index (χ1n) is 6.10. The van der Waals surface area contributed by atoms with Crippen LogP contribution in [-0.2, 0) is 10.5 Å². The molecule has 0 saturated carbocycles. The highest BCUT2D eigenvalue weighted by Gasteiger charge is 2.11. The molecule has 1 aromatic heterocycles. The highest BCUT2D eigenvalue weighted by atomic mass is 32.2. The van der Waals surface area contributed by atoms with E-state index in [0.29, 0.717) is 5.75 Å². The van der Waals surface area contributed by atoms with Crippen LogP contribution in [0.2, 0.25) is 0 Å². The van der Waals surface area contributed by atoms with Crippen molar-refractivity contribution in [3.05, 3.63) is 35.3 Å². The average Bonchev–Trinajstić information content (AvgIpc) is 2.93. The summed E-state index contributed by atoms with van der Waals surface area (Å²) in [6, 6.07) is 7.81. The number of benzene rings is 1. The van der Waals surface area contributed by atoms with Gasteiger partial charge in [0, 0.05) is 16.7 Å². The van der Waals surface area contributed by atoms with Crippen LogP contribution in [0.25, 0.3) is 10.6 Å². The Morgan fingerprint density at radius 3 is 2.75 bits per heavy atom. The van der Waals surface area contributed by atoms with Gasteiger partial charge in [0.25, 0.3) is 0 Å². The number of ether oxygens (including phenoxy) is 1. The molecule has 1 unspecified atom stereocenters. The number of carbonyl (C=O) groups excluding carboxylic acids is 1. The number of methoxy groups -OCH3 is 1. The van der Waals surface area contributed by atoms with E-state index >= 15 is 0 Å². The van der Waals surface area contributed by atoms with E-state index in [-0.39, 0.29) is 11.2 Å². The van der Waals surface area contributed by atoms with Gasteiger partial charge in [-0.15, -0.1) is 23.1 Å². The summed E-state index contributed by atoms with van der Waals surface area (Å²) in [5, 5.41) is 2.79. The van der Waals surface area contributed by atoms with Crippen LogP contribution in [0, 0.1) is 0 Å². The fourth-order valence-electron chi connectivity index (χ4n) is 1.53. The monoisotopic (exact) mass is 308 g/mol. The van der Waals surface area contributed by atoms with Gasteiger partial charge in [0.1, 0.15) is 10.8 Å². The third-order valence-corrected chi connectivity index (χ3v) is 4.91. The number of primary amides is 1. The van der Waals surface area contributed by atoms with Crippen LogP contribution in [0.3, 0.4) is 0 Å². The van der Waals surface area contributed by atoms with Crippen LogP contribution in [0.15, 0.2) is 29.6 Å². The van der Waals surface area contributed by atoms with Gasteiger partial charge in [0.2, 0.25) is 5.91 Å². The van der Waals surface area contributed by atoms with Crippen molar-refractivity contribution in [3.8, 4) is 16.3 Å². The Labute approximate surface area is 126 Å². The molecule has 0 radical (unpaired) electrons. The maximum absolute atomic E-state index is 11.0. The minimum absolute atomic E-state index is 0.193. The number of thiazole rings is 1. The second kappa shape index (κ2) is 6.76. The predicted molar refractivity (Wildman–Crippen MR) is 84.1 cm³/mol. The molecule has 1 atom stereocenters. The first kappa shape index (κ1) is 14.9. The zero-order valence-corrected chi connectivity index (χ0v) is 13.0. The molecule has 1 amide bonds. The van der Waals surface area contributed by atoms with Crippen molar-refractivity contribution in [1.29, 1.82) is 0 Å². The van der Waals surface area contributed by atoms with Gasteiger partial charge in [0.15, 0.2) is 0 Å². The quantitative estimate of drug-likeness (QED) is 0.891. The molecule has 0 aliphatic carbocycles. The van der Waals surface area contributed by atoms with Crippen molar-refractivity contribution >= 4 is 29.0 Å². The van der Waals surface area contributed by atoms with E-state index in [0.717, 1.165) is 22.0 Å². The summed E-state index contributed by atoms with van der Waals surface area (Å²) in [5.41, 5.74) is 7.27. The average molecular weight is 308 g/mol. The molecule has 0 spiro atoms. The van der Waals surface area contributed by atoms with Crippen molar-refractivity contribution in [3.63, 3.8) is 0 Å². The van der Waals surface area contributed by atoms with Gasteiger partial charge in [-0.3, -0.25) is 4.79 Å². The van der Waals surface area contributed by atoms with E-state index in [1.807, 2.05) is 36.6 Å². The molecule has 6 heteroatoms. The summed E-state index contributed by atoms with van der Waals surface area (Å²) >= 11 is 3.10. The summed E-state index contributed by atoms with van der Waals surface area (Å²) in [4.78, 5) is 15.6. The molecule has 0 aliphatic rings. The highest BCUT2D eigenvalue weighted by Crippen LogP contribution is 2.27. The zero-order valence-electron chi connectivity index (χ0n) is 11.3. The van der Waals surface area contributed by atoms with Crippen LogP contribution in [-0.4, -0.2) is 23.3 Å². The number of aromatic nitrogens is 1. The number of nitrogens with two attached hydrogens (primary N) is 1. The molecule has 20 heavy (non-hydrogen) atoms. The van der Waals surface area contributed by atoms with Crippen LogP contribution >= 0.6 is 23.1 Å². The number of nitrogens with zero attached hydrogens (tertiary/aromatic N) is 1. The Kier molecular flexibility index (Phi) is 5.03. The summed E-state index contributed by atoms with van der Waals surface area (Å²) in [5.74, 6) is 1.23. The second-order valence-electron chi connectivity index (χ2n) is 4.23. The van der Waals surface area contributed by atoms with Crippen molar-refractivity contribution in [2.24, 2.45) is 5.73 Å². The van der Waals surface area contributed by atoms with E-state index in [4.69, 9.17) is 10.5 Å². The first-order chi connectivity index (χ1) is 9.60. The molecule has 0 fully saturated rings. The largest absolute Gasteiger partial charge is 0.497 e. The Balaban J connectivity index is 2.02. The normalized spacial score (nSPS) is 12.1. The molecular formula is C14H16N2O2S2. The third-order valence-electron chi connectivity index (χ3n) is 2.77. The lowest BCUT2D eigenvalue weighted by Crippen LogP contribution is -2.22. The van der Waals surface area contributed by atoms with E-state index in [2.05, 4.69) is 4.98 Å². The molecule has 2 aromatic rings. The SMILES string of the molecule is COc1ccc(-c2nc(CSC(C)C(N)=O)cs2)cc1. The van der Waals surface area contributed by atoms with Crippen LogP contribution in [0.1, 0.15) is 12.6 Å². The van der Waals surface area contributed by atoms with Crippen molar-refractivity contribution < 1.29 is 9.53 Å². The van der Waals surface area contributed by atoms with Crippen molar-refractivity contribution in [1.82, 2.24) is 4.98 Å². The molecule has 0 aliphatic heterocycles. The Bertz CT molecular complexity index is 581. The van der Waals surface area contributed by atoms with Gasteiger partial charge < -0.3 is 10.5 Å². The lowest BCUT2D eigenvalue weighted by Gasteiger charge is -2.04. The zero-order chi connectivity index (χ0) is 14.5. The number of amides is 1. The van der Waals surface area contributed by atoms with E-state index < -0.39 is 0 Å². The Morgan fingerprint density at radius 1 is 1.45 bits per heavy atom. The smallest absolute Gasteiger partial charge is 0.230 e. The lowest BCUT2D eigenvalue weighted by molar-refractivity contribution is -0.117. The van der Waals surface area contributed by atoms with Crippen molar-refractivity contribution in [2.75, 3.05) is 7.11 Å². The minimum atomic E-state index is -0.291. The van der Waals surface area contributed by atoms with Gasteiger partial charge in [-0.1, -0.05) is 0 Å². The maximum Gasteiger partial charge on any atom is 0.230 e. The number of rotatable bonds is 6. The van der Waals surface area contributed by atoms with E-state index in [1.165, 1.54) is 11.8 Å². The molecule has 2 N–H and O–H groups in total. The van der Waals surface area contributed by atoms with Gasteiger partial charge in [0.05, 0.1) is 18.1 Å². The Hall–Kier alpha value is -1.53. The van der Waals surface area contributed by atoms with E-state index in [1.54, 1.807) is 18.4 Å². The van der Waals surface area contributed by atoms with Gasteiger partial charge >= 0.3 is 0 Å². The van der Waals surface area contributed by atoms with Crippen LogP contribution in [0.5, 0.6) is 5.75 Å². The molecule has 2 rings (SSSR count). The standard InChI is InChI=1S/C14H16N2O2S2/c1-9(13(15)17)19-7-11-8-20-14(16-11)10-3-5-12(18-2)6-4-10/h3-6,8-9H,7H2,1-2H3,(H2,15,17). The maximum atomic E-state index is 11.0. The Morgan fingerprint density at radius 2 is 2.15 bits per heavy atom. The highest BCUT2D eigenvalue weighted by molar-refractivity contribution is 7.99. The molecule has 1 aromatic carbocycles. The van der Waals surface area contributed by atoms with E-state index in [9.17, 15) is 4.79 Å².